The minimum absolute atomic E-state index is 0.521. The molecule has 2 heteroatoms. The Labute approximate surface area is 132 Å². The van der Waals surface area contributed by atoms with Crippen molar-refractivity contribution in [2.24, 2.45) is 5.92 Å². The molecule has 0 saturated heterocycles. The molecule has 2 rings (SSSR count). The van der Waals surface area contributed by atoms with Gasteiger partial charge in [0.1, 0.15) is 0 Å². The lowest BCUT2D eigenvalue weighted by Gasteiger charge is -2.22. The van der Waals surface area contributed by atoms with Crippen LogP contribution in [0.5, 0.6) is 0 Å². The van der Waals surface area contributed by atoms with Crippen molar-refractivity contribution < 1.29 is 0 Å². The molecule has 1 aromatic rings. The third kappa shape index (κ3) is 5.42. The summed E-state index contributed by atoms with van der Waals surface area (Å²) in [5.41, 5.74) is 1.43. The third-order valence-electron chi connectivity index (χ3n) is 4.41. The molecular weight excluding hydrogens is 345 g/mol. The molecule has 1 saturated carbocycles. The Kier molecular flexibility index (Phi) is 7.21. The monoisotopic (exact) mass is 371 g/mol. The Balaban J connectivity index is 1.66. The van der Waals surface area contributed by atoms with Gasteiger partial charge in [0, 0.05) is 28.9 Å². The number of nitrogens with one attached hydrogen (secondary N) is 1. The van der Waals surface area contributed by atoms with Crippen LogP contribution in [0.1, 0.15) is 69.4 Å². The van der Waals surface area contributed by atoms with Crippen molar-refractivity contribution in [1.29, 1.82) is 0 Å². The van der Waals surface area contributed by atoms with Gasteiger partial charge < -0.3 is 0 Å². The first-order chi connectivity index (χ1) is 9.40. The number of unbranched alkanes of at least 4 members (excludes halogenated alkanes) is 1. The molecule has 19 heavy (non-hydrogen) atoms. The summed E-state index contributed by atoms with van der Waals surface area (Å²) in [5, 5.41) is 0. The van der Waals surface area contributed by atoms with Crippen LogP contribution in [0.4, 0.5) is 0 Å². The molecule has 1 aromatic carbocycles. The van der Waals surface area contributed by atoms with E-state index in [1.54, 1.807) is 0 Å². The lowest BCUT2D eigenvalue weighted by atomic mass is 9.85. The summed E-state index contributed by atoms with van der Waals surface area (Å²) in [4.78, 5) is 0. The van der Waals surface area contributed by atoms with E-state index in [4.69, 9.17) is 0 Å². The van der Waals surface area contributed by atoms with Gasteiger partial charge in [-0.3, -0.25) is 3.53 Å². The van der Waals surface area contributed by atoms with E-state index in [9.17, 15) is 0 Å². The average Bonchev–Trinajstić information content (AvgIpc) is 2.49. The first-order valence-electron chi connectivity index (χ1n) is 7.81. The molecule has 0 bridgehead atoms. The fraction of sp³-hybridized carbons (Fsp3) is 0.647. The maximum Gasteiger partial charge on any atom is 0.0413 e. The van der Waals surface area contributed by atoms with Crippen LogP contribution in [-0.2, 0) is 0 Å². The predicted octanol–water partition coefficient (Wildman–Crippen LogP) is 5.81. The van der Waals surface area contributed by atoms with Gasteiger partial charge in [-0.05, 0) is 17.9 Å². The van der Waals surface area contributed by atoms with Crippen molar-refractivity contribution in [2.45, 2.75) is 63.8 Å². The Bertz CT molecular complexity index is 332. The lowest BCUT2D eigenvalue weighted by molar-refractivity contribution is 0.327. The van der Waals surface area contributed by atoms with Crippen molar-refractivity contribution in [3.63, 3.8) is 0 Å². The molecule has 0 radical (unpaired) electrons. The molecule has 0 heterocycles. The normalized spacial score (nSPS) is 18.4. The van der Waals surface area contributed by atoms with E-state index in [1.165, 1.54) is 63.4 Å². The molecule has 1 nitrogen and oxygen atoms in total. The van der Waals surface area contributed by atoms with E-state index < -0.39 is 0 Å². The number of rotatable bonds is 7. The van der Waals surface area contributed by atoms with E-state index in [-0.39, 0.29) is 0 Å². The van der Waals surface area contributed by atoms with Gasteiger partial charge in [-0.15, -0.1) is 0 Å². The number of halogens is 1. The summed E-state index contributed by atoms with van der Waals surface area (Å²) >= 11 is 2.30. The first kappa shape index (κ1) is 15.3. The zero-order valence-corrected chi connectivity index (χ0v) is 13.9. The van der Waals surface area contributed by atoms with E-state index in [0.717, 1.165) is 5.92 Å². The molecular formula is C17H26IN. The molecule has 1 aliphatic rings. The number of benzene rings is 1. The Morgan fingerprint density at radius 3 is 2.47 bits per heavy atom. The summed E-state index contributed by atoms with van der Waals surface area (Å²) in [5.74, 6) is 1.04. The zero-order chi connectivity index (χ0) is 13.3. The minimum atomic E-state index is 0.521. The van der Waals surface area contributed by atoms with Crippen molar-refractivity contribution in [3.8, 4) is 0 Å². The van der Waals surface area contributed by atoms with Crippen LogP contribution in [0.15, 0.2) is 30.3 Å². The lowest BCUT2D eigenvalue weighted by Crippen LogP contribution is -2.11. The smallest absolute Gasteiger partial charge is 0.0413 e. The van der Waals surface area contributed by atoms with Crippen LogP contribution in [0.2, 0.25) is 0 Å². The second-order valence-electron chi connectivity index (χ2n) is 5.86. The van der Waals surface area contributed by atoms with Crippen LogP contribution in [0.25, 0.3) is 0 Å². The van der Waals surface area contributed by atoms with Gasteiger partial charge in [-0.2, -0.15) is 0 Å². The quantitative estimate of drug-likeness (QED) is 0.362. The van der Waals surface area contributed by atoms with Crippen molar-refractivity contribution in [3.05, 3.63) is 35.9 Å². The van der Waals surface area contributed by atoms with Crippen molar-refractivity contribution in [1.82, 2.24) is 3.53 Å². The molecule has 1 aliphatic carbocycles. The second kappa shape index (κ2) is 8.96. The van der Waals surface area contributed by atoms with Gasteiger partial charge in [-0.25, -0.2) is 0 Å². The largest absolute Gasteiger partial charge is 0.254 e. The Hall–Kier alpha value is -0.0900. The maximum absolute atomic E-state index is 3.43. The number of hydrogen-bond donors (Lipinski definition) is 1. The van der Waals surface area contributed by atoms with Crippen molar-refractivity contribution in [2.75, 3.05) is 0 Å². The second-order valence-corrected chi connectivity index (χ2v) is 6.48. The predicted molar refractivity (Wildman–Crippen MR) is 91.4 cm³/mol. The molecule has 1 atom stereocenters. The van der Waals surface area contributed by atoms with Gasteiger partial charge in [0.25, 0.3) is 0 Å². The van der Waals surface area contributed by atoms with Crippen LogP contribution >= 0.6 is 22.9 Å². The van der Waals surface area contributed by atoms with Gasteiger partial charge in [0.15, 0.2) is 0 Å². The summed E-state index contributed by atoms with van der Waals surface area (Å²) < 4.78 is 3.43. The van der Waals surface area contributed by atoms with Crippen LogP contribution in [0.3, 0.4) is 0 Å². The van der Waals surface area contributed by atoms with E-state index in [1.807, 2.05) is 0 Å². The molecule has 106 valence electrons. The highest BCUT2D eigenvalue weighted by Crippen LogP contribution is 2.29. The summed E-state index contributed by atoms with van der Waals surface area (Å²) in [6.07, 6.45) is 12.9. The van der Waals surface area contributed by atoms with Crippen LogP contribution in [-0.4, -0.2) is 0 Å². The van der Waals surface area contributed by atoms with E-state index in [0.29, 0.717) is 6.04 Å². The molecule has 0 aromatic heterocycles. The SMILES string of the molecule is INC(CCCCC1CCCCC1)c1ccccc1. The first-order valence-corrected chi connectivity index (χ1v) is 8.89. The summed E-state index contributed by atoms with van der Waals surface area (Å²) in [6.45, 7) is 0. The standard InChI is InChI=1S/C17H26IN/c18-19-17(16-12-5-2-6-13-16)14-8-7-11-15-9-3-1-4-10-15/h2,5-6,12-13,15,17,19H,1,3-4,7-11,14H2. The van der Waals surface area contributed by atoms with Crippen molar-refractivity contribution >= 4 is 22.9 Å². The van der Waals surface area contributed by atoms with Gasteiger partial charge >= 0.3 is 0 Å². The fourth-order valence-corrected chi connectivity index (χ4v) is 3.90. The third-order valence-corrected chi connectivity index (χ3v) is 5.17. The highest BCUT2D eigenvalue weighted by atomic mass is 127. The molecule has 0 amide bonds. The Morgan fingerprint density at radius 1 is 1.05 bits per heavy atom. The van der Waals surface area contributed by atoms with Crippen LogP contribution < -0.4 is 3.53 Å². The number of hydrogen-bond acceptors (Lipinski definition) is 1. The highest BCUT2D eigenvalue weighted by molar-refractivity contribution is 14.1. The molecule has 1 N–H and O–H groups in total. The highest BCUT2D eigenvalue weighted by Gasteiger charge is 2.13. The van der Waals surface area contributed by atoms with E-state index >= 15 is 0 Å². The van der Waals surface area contributed by atoms with Crippen LogP contribution in [0, 0.1) is 5.92 Å². The minimum Gasteiger partial charge on any atom is -0.254 e. The maximum atomic E-state index is 3.43. The zero-order valence-electron chi connectivity index (χ0n) is 11.8. The molecule has 0 spiro atoms. The van der Waals surface area contributed by atoms with Gasteiger partial charge in [0.2, 0.25) is 0 Å². The molecule has 1 unspecified atom stereocenters. The Morgan fingerprint density at radius 2 is 1.79 bits per heavy atom. The summed E-state index contributed by atoms with van der Waals surface area (Å²) in [6, 6.07) is 11.4. The topological polar surface area (TPSA) is 12.0 Å². The molecule has 0 aliphatic heterocycles. The fourth-order valence-electron chi connectivity index (χ4n) is 3.23. The van der Waals surface area contributed by atoms with Gasteiger partial charge in [-0.1, -0.05) is 81.7 Å². The molecule has 1 fully saturated rings. The summed E-state index contributed by atoms with van der Waals surface area (Å²) in [7, 11) is 0. The van der Waals surface area contributed by atoms with E-state index in [2.05, 4.69) is 56.7 Å². The average molecular weight is 371 g/mol. The van der Waals surface area contributed by atoms with Gasteiger partial charge in [0.05, 0.1) is 0 Å².